The molecule has 208 valence electrons. The number of aromatic nitrogens is 3. The van der Waals surface area contributed by atoms with Gasteiger partial charge in [-0.2, -0.15) is 21.9 Å². The van der Waals surface area contributed by atoms with E-state index in [2.05, 4.69) is 29.7 Å². The second kappa shape index (κ2) is 10.5. The molecule has 0 aliphatic rings. The molecular weight excluding hydrogens is 609 g/mol. The summed E-state index contributed by atoms with van der Waals surface area (Å²) in [6.45, 7) is 1.50. The van der Waals surface area contributed by atoms with Crippen LogP contribution in [0.1, 0.15) is 5.69 Å². The first-order valence-corrected chi connectivity index (χ1v) is 15.2. The van der Waals surface area contributed by atoms with Crippen LogP contribution in [0.15, 0.2) is 73.4 Å². The molecule has 5 N–H and O–H groups in total. The predicted molar refractivity (Wildman–Crippen MR) is 144 cm³/mol. The standard InChI is InChI=1S/C21H16N6O9S4/c1-10-18(20(22)27(26-10)15-9-11(39(29,30)31)5-8-17(15)40(32,33)34)24-25-21-23-14-7-6-12-13(19(14)37-21)3-2-4-16(12)38-36-35-28/h2-9,28H,22H2,1H3,(H,29,30,31)(H,32,33,34). The van der Waals surface area contributed by atoms with E-state index in [1.54, 1.807) is 18.2 Å². The van der Waals surface area contributed by atoms with Gasteiger partial charge in [0.05, 0.1) is 38.5 Å². The number of aryl methyl sites for hydroxylation is 1. The van der Waals surface area contributed by atoms with Crippen molar-refractivity contribution in [2.24, 2.45) is 10.2 Å². The van der Waals surface area contributed by atoms with Crippen LogP contribution in [0.5, 0.6) is 0 Å². The predicted octanol–water partition coefficient (Wildman–Crippen LogP) is 4.86. The van der Waals surface area contributed by atoms with Crippen molar-refractivity contribution in [3.8, 4) is 5.69 Å². The van der Waals surface area contributed by atoms with Crippen molar-refractivity contribution < 1.29 is 40.6 Å². The molecule has 0 spiro atoms. The number of nitrogens with two attached hydrogens (primary N) is 1. The van der Waals surface area contributed by atoms with Crippen molar-refractivity contribution in [3.05, 3.63) is 54.2 Å². The molecule has 0 amide bonds. The normalized spacial score (nSPS) is 12.7. The van der Waals surface area contributed by atoms with Crippen LogP contribution < -0.4 is 5.73 Å². The fourth-order valence-corrected chi connectivity index (χ4v) is 6.42. The third kappa shape index (κ3) is 5.29. The van der Waals surface area contributed by atoms with Gasteiger partial charge in [0.25, 0.3) is 20.2 Å². The number of fused-ring (bicyclic) bond motifs is 3. The van der Waals surface area contributed by atoms with Gasteiger partial charge in [0.1, 0.15) is 4.90 Å². The van der Waals surface area contributed by atoms with Crippen LogP contribution >= 0.6 is 23.4 Å². The van der Waals surface area contributed by atoms with E-state index >= 15 is 0 Å². The highest BCUT2D eigenvalue weighted by molar-refractivity contribution is 7.94. The van der Waals surface area contributed by atoms with Gasteiger partial charge in [-0.15, -0.1) is 14.6 Å². The van der Waals surface area contributed by atoms with Gasteiger partial charge < -0.3 is 5.73 Å². The van der Waals surface area contributed by atoms with Crippen molar-refractivity contribution in [3.63, 3.8) is 0 Å². The number of hydrogen-bond acceptors (Lipinski definition) is 14. The van der Waals surface area contributed by atoms with Gasteiger partial charge >= 0.3 is 0 Å². The number of rotatable bonds is 8. The molecule has 0 aliphatic heterocycles. The Labute approximate surface area is 233 Å². The zero-order valence-corrected chi connectivity index (χ0v) is 23.1. The van der Waals surface area contributed by atoms with E-state index in [0.29, 0.717) is 10.4 Å². The minimum Gasteiger partial charge on any atom is -0.382 e. The molecule has 2 heterocycles. The van der Waals surface area contributed by atoms with Gasteiger partial charge in [0, 0.05) is 10.3 Å². The van der Waals surface area contributed by atoms with Crippen molar-refractivity contribution in [1.29, 1.82) is 0 Å². The van der Waals surface area contributed by atoms with Gasteiger partial charge in [0.2, 0.25) is 5.13 Å². The smallest absolute Gasteiger partial charge is 0.296 e. The molecule has 0 fully saturated rings. The minimum absolute atomic E-state index is 0.0301. The summed E-state index contributed by atoms with van der Waals surface area (Å²) in [6, 6.07) is 11.4. The summed E-state index contributed by atoms with van der Waals surface area (Å²) >= 11 is 2.05. The molecular formula is C21H16N6O9S4. The van der Waals surface area contributed by atoms with E-state index in [1.807, 2.05) is 12.1 Å². The Hall–Kier alpha value is -3.53. The van der Waals surface area contributed by atoms with Crippen LogP contribution in [-0.2, 0) is 29.6 Å². The summed E-state index contributed by atoms with van der Waals surface area (Å²) in [4.78, 5) is 3.79. The molecule has 0 radical (unpaired) electrons. The van der Waals surface area contributed by atoms with Crippen LogP contribution in [0.3, 0.4) is 0 Å². The number of benzene rings is 3. The first-order chi connectivity index (χ1) is 18.9. The number of anilines is 1. The molecule has 19 heteroatoms. The number of hydrogen-bond donors (Lipinski definition) is 4. The third-order valence-electron chi connectivity index (χ3n) is 5.55. The fraction of sp³-hybridized carbons (Fsp3) is 0.0476. The molecule has 3 aromatic carbocycles. The summed E-state index contributed by atoms with van der Waals surface area (Å²) in [5, 5.41) is 26.5. The van der Waals surface area contributed by atoms with Crippen LogP contribution in [0.4, 0.5) is 16.6 Å². The average Bonchev–Trinajstić information content (AvgIpc) is 3.44. The van der Waals surface area contributed by atoms with Crippen molar-refractivity contribution >= 4 is 81.2 Å². The molecule has 0 saturated heterocycles. The largest absolute Gasteiger partial charge is 0.382 e. The van der Waals surface area contributed by atoms with Crippen molar-refractivity contribution in [2.75, 3.05) is 5.73 Å². The van der Waals surface area contributed by atoms with Crippen molar-refractivity contribution in [1.82, 2.24) is 14.8 Å². The second-order valence-electron chi connectivity index (χ2n) is 8.00. The summed E-state index contributed by atoms with van der Waals surface area (Å²) < 4.78 is 72.4. The first-order valence-electron chi connectivity index (χ1n) is 10.7. The van der Waals surface area contributed by atoms with E-state index in [4.69, 9.17) is 11.0 Å². The number of nitrogens with zero attached hydrogens (tertiary/aromatic N) is 5. The Morgan fingerprint density at radius 2 is 1.80 bits per heavy atom. The number of azo groups is 1. The zero-order valence-electron chi connectivity index (χ0n) is 19.9. The maximum atomic E-state index is 11.9. The number of nitrogen functional groups attached to an aromatic ring is 1. The third-order valence-corrected chi connectivity index (χ3v) is 8.95. The lowest BCUT2D eigenvalue weighted by Gasteiger charge is -2.10. The fourth-order valence-electron chi connectivity index (χ4n) is 3.85. The van der Waals surface area contributed by atoms with Gasteiger partial charge in [0.15, 0.2) is 11.5 Å². The molecule has 2 aromatic heterocycles. The lowest BCUT2D eigenvalue weighted by Crippen LogP contribution is -2.11. The Morgan fingerprint density at radius 1 is 1.02 bits per heavy atom. The molecule has 0 atom stereocenters. The molecule has 40 heavy (non-hydrogen) atoms. The van der Waals surface area contributed by atoms with Crippen molar-refractivity contribution in [2.45, 2.75) is 21.6 Å². The molecule has 5 aromatic rings. The lowest BCUT2D eigenvalue weighted by atomic mass is 10.1. The Kier molecular flexibility index (Phi) is 7.33. The van der Waals surface area contributed by atoms with Crippen LogP contribution in [0.25, 0.3) is 26.7 Å². The van der Waals surface area contributed by atoms with E-state index in [-0.39, 0.29) is 22.3 Å². The van der Waals surface area contributed by atoms with E-state index in [1.165, 1.54) is 18.3 Å². The van der Waals surface area contributed by atoms with Gasteiger partial charge in [-0.1, -0.05) is 34.6 Å². The van der Waals surface area contributed by atoms with Crippen LogP contribution in [0, 0.1) is 6.92 Å². The molecule has 15 nitrogen and oxygen atoms in total. The Bertz CT molecular complexity index is 2040. The van der Waals surface area contributed by atoms with E-state index in [9.17, 15) is 25.9 Å². The second-order valence-corrected chi connectivity index (χ2v) is 12.5. The van der Waals surface area contributed by atoms with Crippen LogP contribution in [0.2, 0.25) is 0 Å². The minimum atomic E-state index is -4.84. The Morgan fingerprint density at radius 3 is 2.50 bits per heavy atom. The monoisotopic (exact) mass is 624 g/mol. The van der Waals surface area contributed by atoms with Crippen LogP contribution in [-0.4, -0.2) is 46.0 Å². The topological polar surface area (TPSA) is 229 Å². The average molecular weight is 625 g/mol. The molecule has 0 aliphatic carbocycles. The SMILES string of the molecule is Cc1nn(-c2cc(S(=O)(=O)O)ccc2S(=O)(=O)O)c(N)c1N=Nc1nc2ccc3c(SOOO)cccc3c2s1. The summed E-state index contributed by atoms with van der Waals surface area (Å²) in [6.07, 6.45) is 0. The first kappa shape index (κ1) is 28.0. The highest BCUT2D eigenvalue weighted by Crippen LogP contribution is 2.39. The molecule has 0 bridgehead atoms. The summed E-state index contributed by atoms with van der Waals surface area (Å²) in [5.74, 6) is -0.224. The summed E-state index contributed by atoms with van der Waals surface area (Å²) in [5.41, 5.74) is 6.60. The van der Waals surface area contributed by atoms with E-state index in [0.717, 1.165) is 50.4 Å². The molecule has 0 saturated carbocycles. The van der Waals surface area contributed by atoms with Gasteiger partial charge in [-0.25, -0.2) is 14.9 Å². The quantitative estimate of drug-likeness (QED) is 0.0595. The van der Waals surface area contributed by atoms with Gasteiger partial charge in [-0.3, -0.25) is 9.11 Å². The zero-order chi connectivity index (χ0) is 28.8. The van der Waals surface area contributed by atoms with E-state index < -0.39 is 35.7 Å². The van der Waals surface area contributed by atoms with Gasteiger partial charge in [-0.05, 0) is 42.6 Å². The summed E-state index contributed by atoms with van der Waals surface area (Å²) in [7, 11) is -9.57. The maximum absolute atomic E-state index is 11.9. The Balaban J connectivity index is 1.57. The molecule has 5 rings (SSSR count). The highest BCUT2D eigenvalue weighted by atomic mass is 32.2. The molecule has 0 unspecified atom stereocenters. The lowest BCUT2D eigenvalue weighted by molar-refractivity contribution is -0.432. The number of thiazole rings is 1. The maximum Gasteiger partial charge on any atom is 0.296 e. The highest BCUT2D eigenvalue weighted by Gasteiger charge is 2.24.